The summed E-state index contributed by atoms with van der Waals surface area (Å²) in [6.45, 7) is 0. The Morgan fingerprint density at radius 1 is 1.47 bits per heavy atom. The van der Waals surface area contributed by atoms with E-state index in [-0.39, 0.29) is 0 Å². The van der Waals surface area contributed by atoms with Gasteiger partial charge in [0.05, 0.1) is 11.1 Å². The molecule has 0 bridgehead atoms. The van der Waals surface area contributed by atoms with E-state index in [0.29, 0.717) is 22.7 Å². The molecule has 2 N–H and O–H groups in total. The molecule has 0 aliphatic carbocycles. The van der Waals surface area contributed by atoms with Crippen LogP contribution in [-0.2, 0) is 0 Å². The van der Waals surface area contributed by atoms with Gasteiger partial charge in [-0.25, -0.2) is 4.99 Å². The van der Waals surface area contributed by atoms with Crippen LogP contribution < -0.4 is 0 Å². The van der Waals surface area contributed by atoms with Gasteiger partial charge in [0.25, 0.3) is 0 Å². The van der Waals surface area contributed by atoms with Crippen LogP contribution >= 0.6 is 0 Å². The molecule has 2 rings (SSSR count). The van der Waals surface area contributed by atoms with E-state index >= 15 is 0 Å². The van der Waals surface area contributed by atoms with Crippen molar-refractivity contribution in [2.24, 2.45) is 4.99 Å². The molecule has 0 aromatic carbocycles. The molecule has 0 saturated carbocycles. The normalized spacial score (nSPS) is 16.1. The second kappa shape index (κ2) is 4.09. The van der Waals surface area contributed by atoms with Crippen molar-refractivity contribution in [3.05, 3.63) is 17.3 Å². The average Bonchev–Trinajstić information content (AvgIpc) is 2.66. The number of nitrogens with zero attached hydrogens (tertiary/aromatic N) is 2. The Kier molecular flexibility index (Phi) is 2.64. The highest BCUT2D eigenvalue weighted by Gasteiger charge is 2.15. The number of fused-ring (bicyclic) bond motifs is 1. The van der Waals surface area contributed by atoms with Crippen molar-refractivity contribution in [1.82, 2.24) is 4.98 Å². The van der Waals surface area contributed by atoms with Gasteiger partial charge < -0.3 is 10.4 Å². The highest BCUT2D eigenvalue weighted by atomic mass is 14.9. The van der Waals surface area contributed by atoms with Crippen LogP contribution in [0.1, 0.15) is 36.8 Å². The largest absolute Gasteiger partial charge is 0.345 e. The average molecular weight is 200 g/mol. The zero-order chi connectivity index (χ0) is 10.7. The van der Waals surface area contributed by atoms with E-state index in [1.807, 2.05) is 6.21 Å². The molecular formula is C11H12N4. The first-order chi connectivity index (χ1) is 7.33. The van der Waals surface area contributed by atoms with Gasteiger partial charge in [-0.05, 0) is 25.7 Å². The number of aromatic amines is 1. The lowest BCUT2D eigenvalue weighted by molar-refractivity contribution is 0.800. The first-order valence-electron chi connectivity index (χ1n) is 5.04. The summed E-state index contributed by atoms with van der Waals surface area (Å²) in [5.74, 6) is 0.651. The molecular weight excluding hydrogens is 188 g/mol. The predicted octanol–water partition coefficient (Wildman–Crippen LogP) is 2.53. The van der Waals surface area contributed by atoms with Gasteiger partial charge in [-0.1, -0.05) is 0 Å². The van der Waals surface area contributed by atoms with Gasteiger partial charge in [-0.3, -0.25) is 0 Å². The Labute approximate surface area is 88.2 Å². The Hall–Kier alpha value is -1.89. The van der Waals surface area contributed by atoms with Crippen molar-refractivity contribution >= 4 is 17.7 Å². The Balaban J connectivity index is 2.49. The molecule has 0 saturated heterocycles. The van der Waals surface area contributed by atoms with Crippen LogP contribution in [-0.4, -0.2) is 16.9 Å². The van der Waals surface area contributed by atoms with Crippen LogP contribution in [0.2, 0.25) is 0 Å². The minimum atomic E-state index is 0.516. The lowest BCUT2D eigenvalue weighted by Crippen LogP contribution is -1.99. The number of hydrogen-bond donors (Lipinski definition) is 2. The number of aromatic nitrogens is 1. The summed E-state index contributed by atoms with van der Waals surface area (Å²) in [6.07, 6.45) is 7.18. The molecule has 0 fully saturated rings. The molecule has 0 atom stereocenters. The second-order valence-electron chi connectivity index (χ2n) is 3.57. The highest BCUT2D eigenvalue weighted by Crippen LogP contribution is 2.24. The maximum atomic E-state index is 8.91. The molecule has 76 valence electrons. The minimum absolute atomic E-state index is 0.516. The van der Waals surface area contributed by atoms with Gasteiger partial charge in [0.1, 0.15) is 11.9 Å². The molecule has 1 aliphatic rings. The summed E-state index contributed by atoms with van der Waals surface area (Å²) in [5, 5.41) is 16.8. The molecule has 0 radical (unpaired) electrons. The fraction of sp³-hybridized carbons (Fsp3) is 0.364. The summed E-state index contributed by atoms with van der Waals surface area (Å²) < 4.78 is 0. The number of nitrogens with one attached hydrogen (secondary N) is 2. The lowest BCUT2D eigenvalue weighted by atomic mass is 10.0. The van der Waals surface area contributed by atoms with E-state index < -0.39 is 0 Å². The van der Waals surface area contributed by atoms with Crippen LogP contribution in [0.4, 0.5) is 5.82 Å². The third kappa shape index (κ3) is 1.82. The van der Waals surface area contributed by atoms with E-state index in [9.17, 15) is 0 Å². The van der Waals surface area contributed by atoms with Gasteiger partial charge in [0, 0.05) is 18.1 Å². The third-order valence-electron chi connectivity index (χ3n) is 2.51. The molecule has 15 heavy (non-hydrogen) atoms. The van der Waals surface area contributed by atoms with E-state index in [4.69, 9.17) is 10.7 Å². The standard InChI is InChI=1S/C11H12N4/c12-6-8-7-15-11-10(8)9(13)4-2-1-3-5-14-11/h5,7,13,15H,1-4H2. The van der Waals surface area contributed by atoms with Crippen molar-refractivity contribution in [3.8, 4) is 6.07 Å². The lowest BCUT2D eigenvalue weighted by Gasteiger charge is -2.01. The number of aliphatic imine (C=N–C) groups is 1. The van der Waals surface area contributed by atoms with Crippen molar-refractivity contribution in [3.63, 3.8) is 0 Å². The van der Waals surface area contributed by atoms with Crippen molar-refractivity contribution in [2.45, 2.75) is 25.7 Å². The van der Waals surface area contributed by atoms with E-state index in [1.165, 1.54) is 0 Å². The van der Waals surface area contributed by atoms with Gasteiger partial charge in [0.2, 0.25) is 0 Å². The summed E-state index contributed by atoms with van der Waals surface area (Å²) in [4.78, 5) is 7.20. The molecule has 1 aromatic rings. The van der Waals surface area contributed by atoms with Crippen LogP contribution in [0.15, 0.2) is 11.2 Å². The maximum absolute atomic E-state index is 8.91. The summed E-state index contributed by atoms with van der Waals surface area (Å²) in [6, 6.07) is 2.09. The molecule has 0 spiro atoms. The Morgan fingerprint density at radius 2 is 2.33 bits per heavy atom. The molecule has 1 aliphatic heterocycles. The van der Waals surface area contributed by atoms with Gasteiger partial charge in [-0.2, -0.15) is 5.26 Å². The number of H-pyrrole nitrogens is 1. The number of rotatable bonds is 0. The quantitative estimate of drug-likeness (QED) is 0.663. The monoisotopic (exact) mass is 200 g/mol. The van der Waals surface area contributed by atoms with Crippen molar-refractivity contribution in [1.29, 1.82) is 10.7 Å². The number of hydrogen-bond acceptors (Lipinski definition) is 3. The van der Waals surface area contributed by atoms with Crippen molar-refractivity contribution < 1.29 is 0 Å². The Morgan fingerprint density at radius 3 is 3.13 bits per heavy atom. The van der Waals surface area contributed by atoms with Gasteiger partial charge >= 0.3 is 0 Å². The molecule has 4 heteroatoms. The molecule has 0 amide bonds. The van der Waals surface area contributed by atoms with E-state index in [2.05, 4.69) is 16.0 Å². The summed E-state index contributed by atoms with van der Waals surface area (Å²) >= 11 is 0. The first-order valence-corrected chi connectivity index (χ1v) is 5.04. The topological polar surface area (TPSA) is 75.8 Å². The maximum Gasteiger partial charge on any atom is 0.140 e. The first kappa shape index (κ1) is 9.66. The summed E-state index contributed by atoms with van der Waals surface area (Å²) in [7, 11) is 0. The summed E-state index contributed by atoms with van der Waals surface area (Å²) in [5.41, 5.74) is 1.71. The van der Waals surface area contributed by atoms with Crippen LogP contribution in [0, 0.1) is 16.7 Å². The molecule has 0 unspecified atom stereocenters. The van der Waals surface area contributed by atoms with Crippen LogP contribution in [0.5, 0.6) is 0 Å². The van der Waals surface area contributed by atoms with Crippen molar-refractivity contribution in [2.75, 3.05) is 0 Å². The second-order valence-corrected chi connectivity index (χ2v) is 3.57. The van der Waals surface area contributed by atoms with Crippen LogP contribution in [0.3, 0.4) is 0 Å². The molecule has 1 aromatic heterocycles. The number of nitriles is 1. The fourth-order valence-corrected chi connectivity index (χ4v) is 1.73. The third-order valence-corrected chi connectivity index (χ3v) is 2.51. The minimum Gasteiger partial charge on any atom is -0.345 e. The smallest absolute Gasteiger partial charge is 0.140 e. The zero-order valence-electron chi connectivity index (χ0n) is 8.38. The van der Waals surface area contributed by atoms with Gasteiger partial charge in [-0.15, -0.1) is 0 Å². The van der Waals surface area contributed by atoms with E-state index in [0.717, 1.165) is 25.7 Å². The SMILES string of the molecule is N#Cc1c[nH]c2c1C(=N)CCCCC=N2. The molecule has 2 heterocycles. The predicted molar refractivity (Wildman–Crippen MR) is 59.0 cm³/mol. The van der Waals surface area contributed by atoms with Crippen LogP contribution in [0.25, 0.3) is 0 Å². The fourth-order valence-electron chi connectivity index (χ4n) is 1.73. The highest BCUT2D eigenvalue weighted by molar-refractivity contribution is 6.04. The Bertz CT molecular complexity index is 448. The van der Waals surface area contributed by atoms with Gasteiger partial charge in [0.15, 0.2) is 0 Å². The zero-order valence-corrected chi connectivity index (χ0v) is 8.38. The van der Waals surface area contributed by atoms with E-state index in [1.54, 1.807) is 6.20 Å². The molecule has 4 nitrogen and oxygen atoms in total.